The monoisotopic (exact) mass is 212 g/mol. The van der Waals surface area contributed by atoms with E-state index in [1.807, 2.05) is 6.92 Å². The fourth-order valence-electron chi connectivity index (χ4n) is 1.65. The van der Waals surface area contributed by atoms with Crippen LogP contribution in [0.3, 0.4) is 0 Å². The maximum absolute atomic E-state index is 10.9. The quantitative estimate of drug-likeness (QED) is 0.778. The molecule has 0 saturated heterocycles. The van der Waals surface area contributed by atoms with Crippen LogP contribution in [0.25, 0.3) is 0 Å². The Morgan fingerprint density at radius 2 is 2.36 bits per heavy atom. The Bertz CT molecular complexity index is 401. The lowest BCUT2D eigenvalue weighted by Crippen LogP contribution is -2.07. The molecule has 0 amide bonds. The molecular weight excluding hydrogens is 204 g/mol. The number of ether oxygens (including phenoxy) is 1. The van der Waals surface area contributed by atoms with E-state index >= 15 is 0 Å². The molecule has 0 radical (unpaired) electrons. The first-order valence-electron chi connectivity index (χ1n) is 4.30. The van der Waals surface area contributed by atoms with Crippen LogP contribution in [-0.2, 0) is 6.42 Å². The molecule has 4 heteroatoms. The summed E-state index contributed by atoms with van der Waals surface area (Å²) in [7, 11) is 0. The molecule has 0 aromatic heterocycles. The van der Waals surface area contributed by atoms with Gasteiger partial charge in [-0.2, -0.15) is 0 Å². The molecule has 1 aromatic rings. The Kier molecular flexibility index (Phi) is 2.11. The van der Waals surface area contributed by atoms with Crippen molar-refractivity contribution in [3.8, 4) is 5.75 Å². The zero-order valence-corrected chi connectivity index (χ0v) is 8.34. The van der Waals surface area contributed by atoms with Crippen molar-refractivity contribution in [3.05, 3.63) is 28.3 Å². The van der Waals surface area contributed by atoms with Gasteiger partial charge >= 0.3 is 5.97 Å². The molecule has 0 aliphatic carbocycles. The highest BCUT2D eigenvalue weighted by Gasteiger charge is 2.25. The molecule has 0 bridgehead atoms. The van der Waals surface area contributed by atoms with Gasteiger partial charge in [-0.3, -0.25) is 0 Å². The molecular formula is C10H9ClO3. The largest absolute Gasteiger partial charge is 0.489 e. The molecule has 14 heavy (non-hydrogen) atoms. The van der Waals surface area contributed by atoms with Crippen LogP contribution >= 0.6 is 11.6 Å². The topological polar surface area (TPSA) is 46.5 Å². The van der Waals surface area contributed by atoms with Crippen LogP contribution in [0.5, 0.6) is 5.75 Å². The molecule has 1 heterocycles. The molecule has 0 spiro atoms. The number of carbonyl (C=O) groups is 1. The maximum Gasteiger partial charge on any atom is 0.339 e. The molecule has 1 atom stereocenters. The fraction of sp³-hybridized carbons (Fsp3) is 0.300. The normalized spacial score (nSPS) is 18.9. The highest BCUT2D eigenvalue weighted by Crippen LogP contribution is 2.35. The van der Waals surface area contributed by atoms with Gasteiger partial charge in [0.25, 0.3) is 0 Å². The zero-order chi connectivity index (χ0) is 10.3. The van der Waals surface area contributed by atoms with Crippen LogP contribution in [0.2, 0.25) is 5.02 Å². The summed E-state index contributed by atoms with van der Waals surface area (Å²) in [5.41, 5.74) is 1.03. The van der Waals surface area contributed by atoms with Crippen molar-refractivity contribution in [1.82, 2.24) is 0 Å². The smallest absolute Gasteiger partial charge is 0.339 e. The summed E-state index contributed by atoms with van der Waals surface area (Å²) in [4.78, 5) is 10.9. The van der Waals surface area contributed by atoms with Gasteiger partial charge in [-0.15, -0.1) is 0 Å². The molecule has 1 aliphatic heterocycles. The SMILES string of the molecule is C[C@@H]1Cc2cc(Cl)cc(C(=O)O)c2O1. The summed E-state index contributed by atoms with van der Waals surface area (Å²) in [5.74, 6) is -0.535. The van der Waals surface area contributed by atoms with E-state index in [2.05, 4.69) is 0 Å². The number of rotatable bonds is 1. The van der Waals surface area contributed by atoms with Crippen LogP contribution in [0, 0.1) is 0 Å². The summed E-state index contributed by atoms with van der Waals surface area (Å²) < 4.78 is 5.41. The van der Waals surface area contributed by atoms with Crippen molar-refractivity contribution in [3.63, 3.8) is 0 Å². The number of fused-ring (bicyclic) bond motifs is 1. The van der Waals surface area contributed by atoms with Gasteiger partial charge in [0.05, 0.1) is 0 Å². The van der Waals surface area contributed by atoms with Crippen LogP contribution in [0.1, 0.15) is 22.8 Å². The first kappa shape index (κ1) is 9.34. The molecule has 1 N–H and O–H groups in total. The zero-order valence-electron chi connectivity index (χ0n) is 7.58. The van der Waals surface area contributed by atoms with E-state index in [-0.39, 0.29) is 11.7 Å². The minimum atomic E-state index is -1.00. The molecule has 2 rings (SSSR count). The maximum atomic E-state index is 10.9. The number of carboxylic acids is 1. The first-order chi connectivity index (χ1) is 6.58. The number of hydrogen-bond donors (Lipinski definition) is 1. The number of aromatic carboxylic acids is 1. The Morgan fingerprint density at radius 1 is 1.64 bits per heavy atom. The van der Waals surface area contributed by atoms with Crippen molar-refractivity contribution in [2.75, 3.05) is 0 Å². The summed E-state index contributed by atoms with van der Waals surface area (Å²) in [6.07, 6.45) is 0.748. The van der Waals surface area contributed by atoms with Crippen molar-refractivity contribution >= 4 is 17.6 Å². The van der Waals surface area contributed by atoms with Crippen molar-refractivity contribution in [2.45, 2.75) is 19.4 Å². The van der Waals surface area contributed by atoms with Gasteiger partial charge in [0.1, 0.15) is 17.4 Å². The Balaban J connectivity index is 2.57. The van der Waals surface area contributed by atoms with Crippen LogP contribution in [0.15, 0.2) is 12.1 Å². The number of halogens is 1. The average molecular weight is 213 g/mol. The summed E-state index contributed by atoms with van der Waals surface area (Å²) >= 11 is 5.80. The minimum Gasteiger partial charge on any atom is -0.489 e. The van der Waals surface area contributed by atoms with Gasteiger partial charge in [0.2, 0.25) is 0 Å². The second-order valence-corrected chi connectivity index (χ2v) is 3.82. The molecule has 0 fully saturated rings. The van der Waals surface area contributed by atoms with E-state index in [4.69, 9.17) is 21.4 Å². The average Bonchev–Trinajstić information content (AvgIpc) is 2.42. The first-order valence-corrected chi connectivity index (χ1v) is 4.68. The van der Waals surface area contributed by atoms with Gasteiger partial charge < -0.3 is 9.84 Å². The molecule has 0 saturated carbocycles. The van der Waals surface area contributed by atoms with Gasteiger partial charge in [-0.05, 0) is 19.1 Å². The molecule has 74 valence electrons. The van der Waals surface area contributed by atoms with Gasteiger partial charge in [-0.1, -0.05) is 11.6 Å². The second kappa shape index (κ2) is 3.17. The van der Waals surface area contributed by atoms with Crippen LogP contribution < -0.4 is 4.74 Å². The van der Waals surface area contributed by atoms with E-state index in [0.29, 0.717) is 10.8 Å². The van der Waals surface area contributed by atoms with Gasteiger partial charge in [0, 0.05) is 17.0 Å². The third-order valence-corrected chi connectivity index (χ3v) is 2.41. The van der Waals surface area contributed by atoms with Gasteiger partial charge in [-0.25, -0.2) is 4.79 Å². The van der Waals surface area contributed by atoms with E-state index in [1.54, 1.807) is 6.07 Å². The van der Waals surface area contributed by atoms with E-state index in [1.165, 1.54) is 6.07 Å². The third kappa shape index (κ3) is 1.44. The molecule has 0 unspecified atom stereocenters. The predicted molar refractivity (Wildman–Crippen MR) is 52.2 cm³/mol. The third-order valence-electron chi connectivity index (χ3n) is 2.19. The lowest BCUT2D eigenvalue weighted by atomic mass is 10.1. The second-order valence-electron chi connectivity index (χ2n) is 3.38. The highest BCUT2D eigenvalue weighted by molar-refractivity contribution is 6.31. The number of hydrogen-bond acceptors (Lipinski definition) is 2. The summed E-state index contributed by atoms with van der Waals surface area (Å²) in [6, 6.07) is 3.17. The standard InChI is InChI=1S/C10H9ClO3/c1-5-2-6-3-7(11)4-8(10(12)13)9(6)14-5/h3-5H,2H2,1H3,(H,12,13)/t5-/m1/s1. The van der Waals surface area contributed by atoms with Crippen LogP contribution in [0.4, 0.5) is 0 Å². The predicted octanol–water partition coefficient (Wildman–Crippen LogP) is 2.36. The van der Waals surface area contributed by atoms with E-state index in [0.717, 1.165) is 12.0 Å². The summed E-state index contributed by atoms with van der Waals surface area (Å²) in [6.45, 7) is 1.90. The lowest BCUT2D eigenvalue weighted by Gasteiger charge is -2.06. The van der Waals surface area contributed by atoms with E-state index in [9.17, 15) is 4.79 Å². The Morgan fingerprint density at radius 3 is 3.00 bits per heavy atom. The highest BCUT2D eigenvalue weighted by atomic mass is 35.5. The number of carboxylic acid groups (broad SMARTS) is 1. The molecule has 3 nitrogen and oxygen atoms in total. The minimum absolute atomic E-state index is 0.0292. The van der Waals surface area contributed by atoms with Crippen molar-refractivity contribution in [2.24, 2.45) is 0 Å². The van der Waals surface area contributed by atoms with Crippen molar-refractivity contribution in [1.29, 1.82) is 0 Å². The van der Waals surface area contributed by atoms with Gasteiger partial charge in [0.15, 0.2) is 0 Å². The van der Waals surface area contributed by atoms with Crippen LogP contribution in [-0.4, -0.2) is 17.2 Å². The Labute approximate surface area is 86.3 Å². The van der Waals surface area contributed by atoms with E-state index < -0.39 is 5.97 Å². The Hall–Kier alpha value is -1.22. The molecule has 1 aliphatic rings. The van der Waals surface area contributed by atoms with Crippen molar-refractivity contribution < 1.29 is 14.6 Å². The lowest BCUT2D eigenvalue weighted by molar-refractivity contribution is 0.0692. The molecule has 1 aromatic carbocycles. The number of benzene rings is 1. The fourth-order valence-corrected chi connectivity index (χ4v) is 1.89. The summed E-state index contributed by atoms with van der Waals surface area (Å²) in [5, 5.41) is 9.36.